The Morgan fingerprint density at radius 1 is 0.900 bits per heavy atom. The molecule has 3 rings (SSSR count). The zero-order valence-electron chi connectivity index (χ0n) is 16.0. The molecule has 0 radical (unpaired) electrons. The van der Waals surface area contributed by atoms with E-state index in [1.54, 1.807) is 42.5 Å². The Bertz CT molecular complexity index is 1190. The first-order chi connectivity index (χ1) is 14.2. The minimum Gasteiger partial charge on any atom is -0.294 e. The monoisotopic (exact) mass is 460 g/mol. The van der Waals surface area contributed by atoms with Crippen molar-refractivity contribution in [1.82, 2.24) is 0 Å². The fourth-order valence-corrected chi connectivity index (χ4v) is 5.13. The van der Waals surface area contributed by atoms with Crippen molar-refractivity contribution in [3.63, 3.8) is 0 Å². The highest BCUT2D eigenvalue weighted by atomic mass is 35.5. The first-order valence-corrected chi connectivity index (χ1v) is 11.4. The second-order valence-corrected chi connectivity index (χ2v) is 9.80. The van der Waals surface area contributed by atoms with Crippen molar-refractivity contribution in [2.24, 2.45) is 0 Å². The van der Waals surface area contributed by atoms with Gasteiger partial charge in [0.15, 0.2) is 21.4 Å². The van der Waals surface area contributed by atoms with Crippen molar-refractivity contribution < 1.29 is 18.0 Å². The molecule has 0 spiro atoms. The van der Waals surface area contributed by atoms with Gasteiger partial charge < -0.3 is 0 Å². The number of rotatable bonds is 7. The van der Waals surface area contributed by atoms with E-state index in [-0.39, 0.29) is 15.5 Å². The van der Waals surface area contributed by atoms with Gasteiger partial charge in [-0.1, -0.05) is 71.2 Å². The summed E-state index contributed by atoms with van der Waals surface area (Å²) >= 11 is 12.1. The summed E-state index contributed by atoms with van der Waals surface area (Å²) in [5.74, 6) is -1.20. The first kappa shape index (κ1) is 22.2. The highest BCUT2D eigenvalue weighted by Crippen LogP contribution is 2.28. The van der Waals surface area contributed by atoms with Crippen LogP contribution in [0.3, 0.4) is 0 Å². The second kappa shape index (κ2) is 9.13. The Labute approximate surface area is 185 Å². The average Bonchev–Trinajstić information content (AvgIpc) is 2.72. The quantitative estimate of drug-likeness (QED) is 0.430. The van der Waals surface area contributed by atoms with Gasteiger partial charge in [-0.05, 0) is 37.3 Å². The zero-order chi connectivity index (χ0) is 21.9. The lowest BCUT2D eigenvalue weighted by Gasteiger charge is -2.17. The molecule has 30 heavy (non-hydrogen) atoms. The van der Waals surface area contributed by atoms with Crippen molar-refractivity contribution in [2.45, 2.75) is 23.5 Å². The summed E-state index contributed by atoms with van der Waals surface area (Å²) in [6.07, 6.45) is -0.502. The van der Waals surface area contributed by atoms with Crippen molar-refractivity contribution in [2.75, 3.05) is 0 Å². The van der Waals surface area contributed by atoms with Gasteiger partial charge in [-0.25, -0.2) is 8.42 Å². The number of ketones is 2. The fourth-order valence-electron chi connectivity index (χ4n) is 3.01. The summed E-state index contributed by atoms with van der Waals surface area (Å²) in [7, 11) is -4.16. The molecule has 3 aromatic carbocycles. The maximum absolute atomic E-state index is 13.4. The zero-order valence-corrected chi connectivity index (χ0v) is 18.3. The SMILES string of the molecule is Cc1ccc(S(=O)(=O)[C@@H](CC(=O)c2ccccc2)C(=O)c2ccc(Cl)cc2Cl)cc1. The van der Waals surface area contributed by atoms with Gasteiger partial charge in [0.05, 0.1) is 9.92 Å². The van der Waals surface area contributed by atoms with Gasteiger partial charge in [-0.3, -0.25) is 9.59 Å². The molecule has 0 saturated carbocycles. The van der Waals surface area contributed by atoms with Crippen LogP contribution in [0.15, 0.2) is 77.7 Å². The molecule has 0 saturated heterocycles. The van der Waals surface area contributed by atoms with Crippen LogP contribution in [-0.2, 0) is 9.84 Å². The van der Waals surface area contributed by atoms with Crippen LogP contribution in [0, 0.1) is 6.92 Å². The maximum Gasteiger partial charge on any atom is 0.189 e. The van der Waals surface area contributed by atoms with Crippen LogP contribution in [0.25, 0.3) is 0 Å². The summed E-state index contributed by atoms with van der Waals surface area (Å²) in [5, 5.41) is -1.27. The Morgan fingerprint density at radius 2 is 1.53 bits per heavy atom. The van der Waals surface area contributed by atoms with Gasteiger partial charge in [-0.2, -0.15) is 0 Å². The van der Waals surface area contributed by atoms with Crippen LogP contribution < -0.4 is 0 Å². The minimum atomic E-state index is -4.16. The van der Waals surface area contributed by atoms with E-state index in [9.17, 15) is 18.0 Å². The highest BCUT2D eigenvalue weighted by molar-refractivity contribution is 7.92. The number of Topliss-reactive ketones (excluding diaryl/α,β-unsaturated/α-hetero) is 2. The van der Waals surface area contributed by atoms with Crippen molar-refractivity contribution in [3.05, 3.63) is 99.5 Å². The lowest BCUT2D eigenvalue weighted by Crippen LogP contribution is -2.33. The molecule has 154 valence electrons. The number of hydrogen-bond acceptors (Lipinski definition) is 4. The van der Waals surface area contributed by atoms with Crippen LogP contribution >= 0.6 is 23.2 Å². The van der Waals surface area contributed by atoms with Crippen molar-refractivity contribution in [1.29, 1.82) is 0 Å². The van der Waals surface area contributed by atoms with Gasteiger partial charge >= 0.3 is 0 Å². The van der Waals surface area contributed by atoms with E-state index in [1.807, 2.05) is 6.92 Å². The van der Waals surface area contributed by atoms with E-state index in [2.05, 4.69) is 0 Å². The van der Waals surface area contributed by atoms with Gasteiger partial charge in [0.2, 0.25) is 0 Å². The molecule has 0 aliphatic carbocycles. The molecule has 7 heteroatoms. The van der Waals surface area contributed by atoms with Crippen LogP contribution in [0.1, 0.15) is 32.7 Å². The normalized spacial score (nSPS) is 12.4. The molecule has 0 amide bonds. The molecule has 0 bridgehead atoms. The maximum atomic E-state index is 13.4. The molecule has 1 atom stereocenters. The van der Waals surface area contributed by atoms with Gasteiger partial charge in [-0.15, -0.1) is 0 Å². The Balaban J connectivity index is 2.07. The average molecular weight is 461 g/mol. The molecular formula is C23H18Cl2O4S. The number of aryl methyl sites for hydroxylation is 1. The number of benzene rings is 3. The molecule has 0 aliphatic heterocycles. The Hall–Kier alpha value is -2.47. The largest absolute Gasteiger partial charge is 0.294 e. The van der Waals surface area contributed by atoms with Crippen molar-refractivity contribution in [3.8, 4) is 0 Å². The van der Waals surface area contributed by atoms with Gasteiger partial charge in [0.1, 0.15) is 5.25 Å². The number of carbonyl (C=O) groups excluding carboxylic acids is 2. The summed E-state index contributed by atoms with van der Waals surface area (Å²) in [6.45, 7) is 1.82. The summed E-state index contributed by atoms with van der Waals surface area (Å²) < 4.78 is 26.7. The van der Waals surface area contributed by atoms with Crippen molar-refractivity contribution >= 4 is 44.6 Å². The summed E-state index contributed by atoms with van der Waals surface area (Å²) in [6, 6.07) is 18.6. The Kier molecular flexibility index (Phi) is 6.76. The third-order valence-corrected chi connectivity index (χ3v) is 7.29. The number of hydrogen-bond donors (Lipinski definition) is 0. The standard InChI is InChI=1S/C23H18Cl2O4S/c1-15-7-10-18(11-8-15)30(28,29)22(14-21(26)16-5-3-2-4-6-16)23(27)19-12-9-17(24)13-20(19)25/h2-13,22H,14H2,1H3/t22-/m0/s1. The summed E-state index contributed by atoms with van der Waals surface area (Å²) in [4.78, 5) is 26.0. The predicted octanol–water partition coefficient (Wildman–Crippen LogP) is 5.60. The third kappa shape index (κ3) is 4.81. The third-order valence-electron chi connectivity index (χ3n) is 4.68. The van der Waals surface area contributed by atoms with Gasteiger partial charge in [0, 0.05) is 22.6 Å². The molecular weight excluding hydrogens is 443 g/mol. The number of halogens is 2. The molecule has 3 aromatic rings. The van der Waals surface area contributed by atoms with Crippen LogP contribution in [0.2, 0.25) is 10.0 Å². The topological polar surface area (TPSA) is 68.3 Å². The molecule has 0 aliphatic rings. The van der Waals surface area contributed by atoms with E-state index >= 15 is 0 Å². The molecule has 0 heterocycles. The minimum absolute atomic E-state index is 0.00242. The van der Waals surface area contributed by atoms with Crippen LogP contribution in [0.4, 0.5) is 0 Å². The fraction of sp³-hybridized carbons (Fsp3) is 0.130. The molecule has 0 unspecified atom stereocenters. The lowest BCUT2D eigenvalue weighted by molar-refractivity contribution is 0.0921. The lowest BCUT2D eigenvalue weighted by atomic mass is 10.0. The predicted molar refractivity (Wildman–Crippen MR) is 118 cm³/mol. The first-order valence-electron chi connectivity index (χ1n) is 9.08. The summed E-state index contributed by atoms with van der Waals surface area (Å²) in [5.41, 5.74) is 1.21. The Morgan fingerprint density at radius 3 is 2.13 bits per heavy atom. The molecule has 0 N–H and O–H groups in total. The van der Waals surface area contributed by atoms with E-state index in [4.69, 9.17) is 23.2 Å². The molecule has 4 nitrogen and oxygen atoms in total. The molecule has 0 fully saturated rings. The highest BCUT2D eigenvalue weighted by Gasteiger charge is 2.37. The van der Waals surface area contributed by atoms with Crippen LogP contribution in [0.5, 0.6) is 0 Å². The number of sulfone groups is 1. The number of carbonyl (C=O) groups is 2. The van der Waals surface area contributed by atoms with Gasteiger partial charge in [0.25, 0.3) is 0 Å². The van der Waals surface area contributed by atoms with E-state index in [1.165, 1.54) is 30.3 Å². The van der Waals surface area contributed by atoms with E-state index < -0.39 is 33.1 Å². The smallest absolute Gasteiger partial charge is 0.189 e. The second-order valence-electron chi connectivity index (χ2n) is 6.83. The van der Waals surface area contributed by atoms with Crippen LogP contribution in [-0.4, -0.2) is 25.2 Å². The van der Waals surface area contributed by atoms with E-state index in [0.717, 1.165) is 5.56 Å². The molecule has 0 aromatic heterocycles. The van der Waals surface area contributed by atoms with E-state index in [0.29, 0.717) is 10.6 Å².